The summed E-state index contributed by atoms with van der Waals surface area (Å²) in [6.07, 6.45) is 1.41. The van der Waals surface area contributed by atoms with E-state index in [9.17, 15) is 31.5 Å². The van der Waals surface area contributed by atoms with Crippen molar-refractivity contribution >= 4 is 41.0 Å². The molecule has 0 aliphatic carbocycles. The van der Waals surface area contributed by atoms with Crippen molar-refractivity contribution in [1.29, 1.82) is 0 Å². The van der Waals surface area contributed by atoms with Crippen molar-refractivity contribution in [3.05, 3.63) is 91.9 Å². The van der Waals surface area contributed by atoms with Crippen LogP contribution in [0.1, 0.15) is 21.5 Å². The molecule has 0 atom stereocenters. The summed E-state index contributed by atoms with van der Waals surface area (Å²) in [6.45, 7) is 0.357. The van der Waals surface area contributed by atoms with Gasteiger partial charge in [-0.1, -0.05) is 29.3 Å². The zero-order valence-corrected chi connectivity index (χ0v) is 19.4. The minimum absolute atomic E-state index is 0.0554. The number of rotatable bonds is 5. The first-order valence-electron chi connectivity index (χ1n) is 9.86. The van der Waals surface area contributed by atoms with Gasteiger partial charge in [0.1, 0.15) is 11.5 Å². The van der Waals surface area contributed by atoms with E-state index in [0.717, 1.165) is 0 Å². The number of allylic oxidation sites excluding steroid dienone is 1. The minimum atomic E-state index is -2.37. The number of carbonyl (C=O) groups is 2. The Hall–Kier alpha value is -3.63. The number of halogens is 7. The van der Waals surface area contributed by atoms with Crippen LogP contribution in [0, 0.1) is 36.0 Å². The summed E-state index contributed by atoms with van der Waals surface area (Å²) < 4.78 is 82.1. The van der Waals surface area contributed by atoms with Crippen LogP contribution in [0.3, 0.4) is 0 Å². The van der Waals surface area contributed by atoms with E-state index in [1.807, 2.05) is 0 Å². The van der Waals surface area contributed by atoms with Crippen LogP contribution in [-0.4, -0.2) is 18.4 Å². The second-order valence-corrected chi connectivity index (χ2v) is 8.22. The van der Waals surface area contributed by atoms with Gasteiger partial charge in [-0.3, -0.25) is 4.79 Å². The molecule has 3 aromatic rings. The number of hydrogen-bond acceptors (Lipinski definition) is 5. The van der Waals surface area contributed by atoms with Gasteiger partial charge in [0.2, 0.25) is 34.9 Å². The molecule has 0 saturated carbocycles. The van der Waals surface area contributed by atoms with Crippen molar-refractivity contribution < 1.29 is 45.8 Å². The van der Waals surface area contributed by atoms with Gasteiger partial charge in [0.15, 0.2) is 18.1 Å². The molecular formula is C24H11Cl2F5O5. The van der Waals surface area contributed by atoms with Crippen LogP contribution in [0.25, 0.3) is 6.08 Å². The van der Waals surface area contributed by atoms with E-state index in [1.165, 1.54) is 24.3 Å². The molecular weight excluding hydrogens is 534 g/mol. The summed E-state index contributed by atoms with van der Waals surface area (Å²) >= 11 is 12.0. The Morgan fingerprint density at radius 1 is 0.972 bits per heavy atom. The van der Waals surface area contributed by atoms with Gasteiger partial charge in [0.05, 0.1) is 5.56 Å². The highest BCUT2D eigenvalue weighted by atomic mass is 35.5. The molecule has 4 rings (SSSR count). The fourth-order valence-electron chi connectivity index (χ4n) is 3.30. The highest BCUT2D eigenvalue weighted by Crippen LogP contribution is 2.38. The number of fused-ring (bicyclic) bond motifs is 1. The molecule has 1 aliphatic heterocycles. The van der Waals surface area contributed by atoms with Gasteiger partial charge < -0.3 is 14.2 Å². The van der Waals surface area contributed by atoms with E-state index in [0.29, 0.717) is 16.1 Å². The third kappa shape index (κ3) is 4.74. The van der Waals surface area contributed by atoms with Gasteiger partial charge in [-0.25, -0.2) is 18.0 Å². The standard InChI is InChI=1S/C24H11Cl2F5O5/c1-9-4-12(35-16(32)8-34-24-21(30)19(28)18(27)20(29)22(24)31)7-14-17(9)23(33)15(36-14)5-10-2-3-11(25)6-13(10)26/h2-7H,8H2,1H3/b15-5-. The average molecular weight is 545 g/mol. The fourth-order valence-corrected chi connectivity index (χ4v) is 3.76. The third-order valence-electron chi connectivity index (χ3n) is 4.93. The number of Topliss-reactive ketones (excluding diaryl/α,β-unsaturated/α-hetero) is 1. The Kier molecular flexibility index (Phi) is 6.92. The molecule has 1 aliphatic rings. The van der Waals surface area contributed by atoms with E-state index in [-0.39, 0.29) is 27.8 Å². The van der Waals surface area contributed by atoms with Crippen LogP contribution in [0.15, 0.2) is 36.1 Å². The first-order chi connectivity index (χ1) is 17.0. The second kappa shape index (κ2) is 9.79. The van der Waals surface area contributed by atoms with Crippen molar-refractivity contribution in [3.8, 4) is 17.2 Å². The lowest BCUT2D eigenvalue weighted by Gasteiger charge is -2.11. The topological polar surface area (TPSA) is 61.8 Å². The van der Waals surface area contributed by atoms with Gasteiger partial charge in [-0.2, -0.15) is 8.78 Å². The summed E-state index contributed by atoms with van der Waals surface area (Å²) in [5.41, 5.74) is 1.03. The summed E-state index contributed by atoms with van der Waals surface area (Å²) in [4.78, 5) is 24.9. The van der Waals surface area contributed by atoms with E-state index < -0.39 is 53.2 Å². The monoisotopic (exact) mass is 544 g/mol. The van der Waals surface area contributed by atoms with Crippen molar-refractivity contribution in [2.45, 2.75) is 6.92 Å². The molecule has 0 spiro atoms. The molecule has 5 nitrogen and oxygen atoms in total. The zero-order valence-electron chi connectivity index (χ0n) is 17.9. The molecule has 1 heterocycles. The maximum absolute atomic E-state index is 13.7. The Morgan fingerprint density at radius 2 is 1.61 bits per heavy atom. The summed E-state index contributed by atoms with van der Waals surface area (Å²) in [5.74, 6) is -14.7. The molecule has 0 radical (unpaired) electrons. The lowest BCUT2D eigenvalue weighted by molar-refractivity contribution is -0.136. The maximum atomic E-state index is 13.7. The SMILES string of the molecule is Cc1cc(OC(=O)COc2c(F)c(F)c(F)c(F)c2F)cc2c1C(=O)/C(=C/c1ccc(Cl)cc1Cl)O2. The number of carbonyl (C=O) groups excluding carboxylic acids is 2. The zero-order chi connectivity index (χ0) is 26.3. The quantitative estimate of drug-likeness (QED) is 0.0904. The van der Waals surface area contributed by atoms with Gasteiger partial charge in [-0.05, 0) is 42.3 Å². The van der Waals surface area contributed by atoms with Gasteiger partial charge >= 0.3 is 5.97 Å². The van der Waals surface area contributed by atoms with Crippen LogP contribution >= 0.6 is 23.2 Å². The maximum Gasteiger partial charge on any atom is 0.349 e. The molecule has 0 fully saturated rings. The average Bonchev–Trinajstić information content (AvgIpc) is 3.13. The number of benzene rings is 3. The molecule has 3 aromatic carbocycles. The lowest BCUT2D eigenvalue weighted by Crippen LogP contribution is -2.19. The first-order valence-corrected chi connectivity index (χ1v) is 10.6. The first kappa shape index (κ1) is 25.5. The van der Waals surface area contributed by atoms with Crippen LogP contribution in [0.5, 0.6) is 17.2 Å². The Bertz CT molecular complexity index is 1440. The Labute approximate surface area is 209 Å². The number of ketones is 1. The van der Waals surface area contributed by atoms with Crippen LogP contribution in [0.4, 0.5) is 22.0 Å². The summed E-state index contributed by atoms with van der Waals surface area (Å²) in [6, 6.07) is 7.17. The fraction of sp³-hybridized carbons (Fsp3) is 0.0833. The summed E-state index contributed by atoms with van der Waals surface area (Å²) in [7, 11) is 0. The Balaban J connectivity index is 1.51. The normalized spacial score (nSPS) is 13.6. The molecule has 0 aromatic heterocycles. The van der Waals surface area contributed by atoms with Gasteiger partial charge in [0.25, 0.3) is 0 Å². The van der Waals surface area contributed by atoms with E-state index in [1.54, 1.807) is 19.1 Å². The highest BCUT2D eigenvalue weighted by Gasteiger charge is 2.31. The molecule has 0 unspecified atom stereocenters. The minimum Gasteiger partial charge on any atom is -0.476 e. The second-order valence-electron chi connectivity index (χ2n) is 7.38. The predicted molar refractivity (Wildman–Crippen MR) is 118 cm³/mol. The summed E-state index contributed by atoms with van der Waals surface area (Å²) in [5, 5.41) is 0.679. The molecule has 36 heavy (non-hydrogen) atoms. The largest absolute Gasteiger partial charge is 0.476 e. The molecule has 0 bridgehead atoms. The van der Waals surface area contributed by atoms with Gasteiger partial charge in [0, 0.05) is 16.1 Å². The third-order valence-corrected chi connectivity index (χ3v) is 5.49. The van der Waals surface area contributed by atoms with Gasteiger partial charge in [-0.15, -0.1) is 0 Å². The number of aryl methyl sites for hydroxylation is 1. The van der Waals surface area contributed by atoms with E-state index >= 15 is 0 Å². The predicted octanol–water partition coefficient (Wildman–Crippen LogP) is 6.60. The van der Waals surface area contributed by atoms with Crippen molar-refractivity contribution in [2.24, 2.45) is 0 Å². The molecule has 0 N–H and O–H groups in total. The molecule has 12 heteroatoms. The highest BCUT2D eigenvalue weighted by molar-refractivity contribution is 6.35. The van der Waals surface area contributed by atoms with E-state index in [4.69, 9.17) is 32.7 Å². The number of ether oxygens (including phenoxy) is 3. The Morgan fingerprint density at radius 3 is 2.25 bits per heavy atom. The van der Waals surface area contributed by atoms with Crippen LogP contribution in [0.2, 0.25) is 10.0 Å². The molecule has 186 valence electrons. The van der Waals surface area contributed by atoms with Crippen molar-refractivity contribution in [3.63, 3.8) is 0 Å². The van der Waals surface area contributed by atoms with Crippen LogP contribution in [-0.2, 0) is 4.79 Å². The smallest absolute Gasteiger partial charge is 0.349 e. The van der Waals surface area contributed by atoms with E-state index in [2.05, 4.69) is 4.74 Å². The number of esters is 1. The lowest BCUT2D eigenvalue weighted by atomic mass is 10.0. The van der Waals surface area contributed by atoms with Crippen molar-refractivity contribution in [1.82, 2.24) is 0 Å². The van der Waals surface area contributed by atoms with Crippen molar-refractivity contribution in [2.75, 3.05) is 6.61 Å². The number of hydrogen-bond donors (Lipinski definition) is 0. The molecule has 0 amide bonds. The van der Waals surface area contributed by atoms with Crippen LogP contribution < -0.4 is 14.2 Å². The molecule has 0 saturated heterocycles.